The second-order valence-electron chi connectivity index (χ2n) is 6.85. The monoisotopic (exact) mass is 372 g/mol. The van der Waals surface area contributed by atoms with Gasteiger partial charge in [0, 0.05) is 11.3 Å². The van der Waals surface area contributed by atoms with Gasteiger partial charge in [-0.1, -0.05) is 54.6 Å². The van der Waals surface area contributed by atoms with E-state index in [0.717, 1.165) is 16.8 Å². The predicted molar refractivity (Wildman–Crippen MR) is 112 cm³/mol. The zero-order valence-corrected chi connectivity index (χ0v) is 16.1. The summed E-state index contributed by atoms with van der Waals surface area (Å²) in [6, 6.07) is 24.0. The number of anilines is 1. The van der Waals surface area contributed by atoms with E-state index in [-0.39, 0.29) is 18.2 Å². The summed E-state index contributed by atoms with van der Waals surface area (Å²) in [7, 11) is 0. The molecule has 0 aromatic heterocycles. The Hall–Kier alpha value is -3.40. The lowest BCUT2D eigenvalue weighted by Gasteiger charge is -2.19. The van der Waals surface area contributed by atoms with Gasteiger partial charge in [0.05, 0.1) is 12.5 Å². The van der Waals surface area contributed by atoms with Gasteiger partial charge in [0.15, 0.2) is 0 Å². The lowest BCUT2D eigenvalue weighted by atomic mass is 10.0. The third-order valence-corrected chi connectivity index (χ3v) is 4.72. The van der Waals surface area contributed by atoms with Crippen LogP contribution in [0.2, 0.25) is 0 Å². The standard InChI is InChI=1S/C24H24N2O2/c1-17-13-14-21(15-18(17)2)25-23(27)16-22(19-9-5-3-6-10-19)26-24(28)20-11-7-4-8-12-20/h3-15,22H,16H2,1-2H3,(H,25,27)(H,26,28)/t22-/m1/s1. The van der Waals surface area contributed by atoms with Crippen LogP contribution in [-0.4, -0.2) is 11.8 Å². The molecule has 1 atom stereocenters. The lowest BCUT2D eigenvalue weighted by molar-refractivity contribution is -0.116. The molecular formula is C24H24N2O2. The van der Waals surface area contributed by atoms with Crippen LogP contribution in [0, 0.1) is 13.8 Å². The van der Waals surface area contributed by atoms with E-state index in [1.165, 1.54) is 5.56 Å². The highest BCUT2D eigenvalue weighted by Gasteiger charge is 2.19. The summed E-state index contributed by atoms with van der Waals surface area (Å²) in [5, 5.41) is 5.92. The maximum Gasteiger partial charge on any atom is 0.251 e. The number of carbonyl (C=O) groups excluding carboxylic acids is 2. The summed E-state index contributed by atoms with van der Waals surface area (Å²) in [5.74, 6) is -0.348. The molecule has 2 N–H and O–H groups in total. The van der Waals surface area contributed by atoms with Crippen LogP contribution in [0.3, 0.4) is 0 Å². The van der Waals surface area contributed by atoms with Crippen LogP contribution in [0.15, 0.2) is 78.9 Å². The summed E-state index contributed by atoms with van der Waals surface area (Å²) in [4.78, 5) is 25.3. The Morgan fingerprint density at radius 2 is 1.46 bits per heavy atom. The SMILES string of the molecule is Cc1ccc(NC(=O)C[C@@H](NC(=O)c2ccccc2)c2ccccc2)cc1C. The Morgan fingerprint density at radius 1 is 0.821 bits per heavy atom. The highest BCUT2D eigenvalue weighted by Crippen LogP contribution is 2.20. The fourth-order valence-electron chi connectivity index (χ4n) is 2.99. The molecule has 28 heavy (non-hydrogen) atoms. The predicted octanol–water partition coefficient (Wildman–Crippen LogP) is 4.80. The topological polar surface area (TPSA) is 58.2 Å². The lowest BCUT2D eigenvalue weighted by Crippen LogP contribution is -2.31. The van der Waals surface area contributed by atoms with Crippen molar-refractivity contribution in [2.75, 3.05) is 5.32 Å². The Balaban J connectivity index is 1.74. The minimum Gasteiger partial charge on any atom is -0.345 e. The minimum atomic E-state index is -0.416. The summed E-state index contributed by atoms with van der Waals surface area (Å²) in [6.07, 6.45) is 0.148. The average molecular weight is 372 g/mol. The van der Waals surface area contributed by atoms with Crippen LogP contribution in [0.4, 0.5) is 5.69 Å². The van der Waals surface area contributed by atoms with Gasteiger partial charge in [0.2, 0.25) is 5.91 Å². The van der Waals surface area contributed by atoms with E-state index in [4.69, 9.17) is 0 Å². The first-order chi connectivity index (χ1) is 13.5. The Labute approximate surface area is 165 Å². The molecule has 0 saturated carbocycles. The maximum atomic E-state index is 12.6. The minimum absolute atomic E-state index is 0.148. The molecule has 0 aliphatic heterocycles. The summed E-state index contributed by atoms with van der Waals surface area (Å²) < 4.78 is 0. The second-order valence-corrected chi connectivity index (χ2v) is 6.85. The highest BCUT2D eigenvalue weighted by atomic mass is 16.2. The molecule has 3 aromatic carbocycles. The molecule has 0 radical (unpaired) electrons. The van der Waals surface area contributed by atoms with E-state index < -0.39 is 6.04 Å². The van der Waals surface area contributed by atoms with Crippen molar-refractivity contribution in [2.24, 2.45) is 0 Å². The van der Waals surface area contributed by atoms with Gasteiger partial charge in [-0.15, -0.1) is 0 Å². The van der Waals surface area contributed by atoms with E-state index in [9.17, 15) is 9.59 Å². The van der Waals surface area contributed by atoms with Crippen LogP contribution in [-0.2, 0) is 4.79 Å². The van der Waals surface area contributed by atoms with Gasteiger partial charge in [-0.25, -0.2) is 0 Å². The van der Waals surface area contributed by atoms with Crippen molar-refractivity contribution in [3.63, 3.8) is 0 Å². The van der Waals surface area contributed by atoms with Crippen molar-refractivity contribution >= 4 is 17.5 Å². The number of nitrogens with one attached hydrogen (secondary N) is 2. The van der Waals surface area contributed by atoms with Gasteiger partial charge >= 0.3 is 0 Å². The maximum absolute atomic E-state index is 12.6. The fourth-order valence-corrected chi connectivity index (χ4v) is 2.99. The fraction of sp³-hybridized carbons (Fsp3) is 0.167. The average Bonchev–Trinajstić information content (AvgIpc) is 2.71. The van der Waals surface area contributed by atoms with E-state index >= 15 is 0 Å². The van der Waals surface area contributed by atoms with Gasteiger partial charge in [-0.05, 0) is 54.8 Å². The number of hydrogen-bond donors (Lipinski definition) is 2. The molecule has 0 saturated heterocycles. The third kappa shape index (κ3) is 5.07. The molecule has 4 nitrogen and oxygen atoms in total. The molecule has 0 aliphatic carbocycles. The molecule has 3 aromatic rings. The number of amides is 2. The molecule has 0 unspecified atom stereocenters. The van der Waals surface area contributed by atoms with E-state index in [0.29, 0.717) is 5.56 Å². The molecule has 0 fully saturated rings. The van der Waals surface area contributed by atoms with Crippen LogP contribution < -0.4 is 10.6 Å². The zero-order chi connectivity index (χ0) is 19.9. The molecule has 0 spiro atoms. The molecule has 0 aliphatic rings. The van der Waals surface area contributed by atoms with Gasteiger partial charge in [0.25, 0.3) is 5.91 Å². The molecule has 142 valence electrons. The molecule has 0 bridgehead atoms. The first-order valence-electron chi connectivity index (χ1n) is 9.31. The number of rotatable bonds is 6. The normalized spacial score (nSPS) is 11.5. The van der Waals surface area contributed by atoms with E-state index in [2.05, 4.69) is 10.6 Å². The molecule has 3 rings (SSSR count). The van der Waals surface area contributed by atoms with Crippen LogP contribution in [0.5, 0.6) is 0 Å². The van der Waals surface area contributed by atoms with E-state index in [1.807, 2.05) is 80.6 Å². The summed E-state index contributed by atoms with van der Waals surface area (Å²) >= 11 is 0. The first kappa shape index (κ1) is 19.4. The van der Waals surface area contributed by atoms with Crippen LogP contribution in [0.25, 0.3) is 0 Å². The molecule has 0 heterocycles. The van der Waals surface area contributed by atoms with Crippen molar-refractivity contribution < 1.29 is 9.59 Å². The Morgan fingerprint density at radius 3 is 2.11 bits per heavy atom. The van der Waals surface area contributed by atoms with Crippen molar-refractivity contribution in [1.29, 1.82) is 0 Å². The number of benzene rings is 3. The quantitative estimate of drug-likeness (QED) is 0.653. The molecule has 2 amide bonds. The smallest absolute Gasteiger partial charge is 0.251 e. The van der Waals surface area contributed by atoms with Crippen LogP contribution >= 0.6 is 0 Å². The van der Waals surface area contributed by atoms with Crippen molar-refractivity contribution in [1.82, 2.24) is 5.32 Å². The molecular weight excluding hydrogens is 348 g/mol. The van der Waals surface area contributed by atoms with Gasteiger partial charge in [-0.2, -0.15) is 0 Å². The van der Waals surface area contributed by atoms with Crippen molar-refractivity contribution in [2.45, 2.75) is 26.3 Å². The summed E-state index contributed by atoms with van der Waals surface area (Å²) in [6.45, 7) is 4.04. The van der Waals surface area contributed by atoms with Gasteiger partial charge in [0.1, 0.15) is 0 Å². The third-order valence-electron chi connectivity index (χ3n) is 4.72. The van der Waals surface area contributed by atoms with Gasteiger partial charge < -0.3 is 10.6 Å². The number of carbonyl (C=O) groups is 2. The largest absolute Gasteiger partial charge is 0.345 e. The van der Waals surface area contributed by atoms with Crippen molar-refractivity contribution in [3.8, 4) is 0 Å². The molecule has 4 heteroatoms. The Kier molecular flexibility index (Phi) is 6.22. The number of aryl methyl sites for hydroxylation is 2. The zero-order valence-electron chi connectivity index (χ0n) is 16.1. The van der Waals surface area contributed by atoms with Gasteiger partial charge in [-0.3, -0.25) is 9.59 Å². The van der Waals surface area contributed by atoms with Crippen molar-refractivity contribution in [3.05, 3.63) is 101 Å². The summed E-state index contributed by atoms with van der Waals surface area (Å²) in [5.41, 5.74) is 4.51. The highest BCUT2D eigenvalue weighted by molar-refractivity contribution is 5.95. The second kappa shape index (κ2) is 9.00. The van der Waals surface area contributed by atoms with E-state index in [1.54, 1.807) is 12.1 Å². The Bertz CT molecular complexity index is 953. The first-order valence-corrected chi connectivity index (χ1v) is 9.31. The number of hydrogen-bond acceptors (Lipinski definition) is 2. The van der Waals surface area contributed by atoms with Crippen LogP contribution in [0.1, 0.15) is 39.5 Å².